The smallest absolute Gasteiger partial charge is 0.0735 e. The second kappa shape index (κ2) is 4.04. The lowest BCUT2D eigenvalue weighted by Crippen LogP contribution is -1.74. The van der Waals surface area contributed by atoms with E-state index in [-0.39, 0.29) is 0 Å². The van der Waals surface area contributed by atoms with E-state index in [4.69, 9.17) is 23.2 Å². The topological polar surface area (TPSA) is 0 Å². The van der Waals surface area contributed by atoms with Gasteiger partial charge in [-0.15, -0.1) is 11.8 Å². The molecule has 0 N–H and O–H groups in total. The van der Waals surface area contributed by atoms with Crippen LogP contribution >= 0.6 is 50.9 Å². The van der Waals surface area contributed by atoms with E-state index in [0.29, 0.717) is 10.0 Å². The highest BCUT2D eigenvalue weighted by Gasteiger charge is 2.03. The average Bonchev–Trinajstić information content (AvgIpc) is 1.99. The van der Waals surface area contributed by atoms with Gasteiger partial charge in [-0.2, -0.15) is 0 Å². The average molecular weight is 272 g/mol. The van der Waals surface area contributed by atoms with Gasteiger partial charge in [-0.3, -0.25) is 0 Å². The quantitative estimate of drug-likeness (QED) is 0.536. The first-order valence-electron chi connectivity index (χ1n) is 2.83. The van der Waals surface area contributed by atoms with Crippen LogP contribution in [0.1, 0.15) is 0 Å². The molecule has 0 fully saturated rings. The number of rotatable bonds is 1. The summed E-state index contributed by atoms with van der Waals surface area (Å²) in [5.74, 6) is 0. The highest BCUT2D eigenvalue weighted by Crippen LogP contribution is 2.34. The molecule has 0 heterocycles. The van der Waals surface area contributed by atoms with Crippen LogP contribution < -0.4 is 0 Å². The Kier molecular flexibility index (Phi) is 3.56. The van der Waals surface area contributed by atoms with Gasteiger partial charge < -0.3 is 0 Å². The number of hydrogen-bond donors (Lipinski definition) is 0. The van der Waals surface area contributed by atoms with Gasteiger partial charge in [0.05, 0.1) is 10.0 Å². The van der Waals surface area contributed by atoms with Crippen molar-refractivity contribution >= 4 is 50.9 Å². The molecule has 0 aliphatic carbocycles. The van der Waals surface area contributed by atoms with Crippen LogP contribution in [0.3, 0.4) is 0 Å². The zero-order valence-electron chi connectivity index (χ0n) is 5.70. The van der Waals surface area contributed by atoms with E-state index < -0.39 is 0 Å². The molecule has 60 valence electrons. The summed E-state index contributed by atoms with van der Waals surface area (Å²) in [5, 5.41) is 1.16. The molecule has 0 unspecified atom stereocenters. The van der Waals surface area contributed by atoms with Crippen molar-refractivity contribution in [1.82, 2.24) is 0 Å². The molecule has 0 aliphatic rings. The Balaban J connectivity index is 3.21. The SMILES string of the molecule is CSc1cc(Cl)c(Cl)c(Br)c1. The molecule has 0 radical (unpaired) electrons. The third-order valence-corrected chi connectivity index (χ3v) is 3.56. The van der Waals surface area contributed by atoms with E-state index in [1.807, 2.05) is 18.4 Å². The van der Waals surface area contributed by atoms with E-state index >= 15 is 0 Å². The molecule has 0 bridgehead atoms. The van der Waals surface area contributed by atoms with Crippen molar-refractivity contribution in [3.05, 3.63) is 26.7 Å². The molecular formula is C7H5BrCl2S. The molecule has 0 nitrogen and oxygen atoms in total. The van der Waals surface area contributed by atoms with Crippen LogP contribution in [0.5, 0.6) is 0 Å². The van der Waals surface area contributed by atoms with Crippen molar-refractivity contribution in [3.8, 4) is 0 Å². The lowest BCUT2D eigenvalue weighted by molar-refractivity contribution is 1.44. The van der Waals surface area contributed by atoms with Crippen molar-refractivity contribution in [1.29, 1.82) is 0 Å². The fourth-order valence-corrected chi connectivity index (χ4v) is 2.24. The first kappa shape index (κ1) is 9.72. The lowest BCUT2D eigenvalue weighted by Gasteiger charge is -2.01. The number of hydrogen-bond acceptors (Lipinski definition) is 1. The molecule has 0 aromatic heterocycles. The number of benzene rings is 1. The van der Waals surface area contributed by atoms with Gasteiger partial charge in [0.1, 0.15) is 0 Å². The number of halogens is 3. The summed E-state index contributed by atoms with van der Waals surface area (Å²) in [6, 6.07) is 3.79. The molecule has 4 heteroatoms. The summed E-state index contributed by atoms with van der Waals surface area (Å²) in [7, 11) is 0. The minimum absolute atomic E-state index is 0.574. The maximum Gasteiger partial charge on any atom is 0.0735 e. The van der Waals surface area contributed by atoms with Gasteiger partial charge in [0.2, 0.25) is 0 Å². The van der Waals surface area contributed by atoms with Crippen molar-refractivity contribution in [2.45, 2.75) is 4.90 Å². The van der Waals surface area contributed by atoms with Crippen molar-refractivity contribution in [2.75, 3.05) is 6.26 Å². The minimum Gasteiger partial charge on any atom is -0.130 e. The normalized spacial score (nSPS) is 10.2. The molecule has 1 rings (SSSR count). The summed E-state index contributed by atoms with van der Waals surface area (Å²) in [4.78, 5) is 1.10. The Labute approximate surface area is 88.4 Å². The number of thioether (sulfide) groups is 1. The molecule has 11 heavy (non-hydrogen) atoms. The van der Waals surface area contributed by atoms with Crippen LogP contribution in [-0.4, -0.2) is 6.26 Å². The summed E-state index contributed by atoms with van der Waals surface area (Å²) in [6.45, 7) is 0. The summed E-state index contributed by atoms with van der Waals surface area (Å²) in [5.41, 5.74) is 0. The Morgan fingerprint density at radius 2 is 2.00 bits per heavy atom. The van der Waals surface area contributed by atoms with Crippen LogP contribution in [-0.2, 0) is 0 Å². The standard InChI is InChI=1S/C7H5BrCl2S/c1-11-4-2-5(8)7(10)6(9)3-4/h2-3H,1H3. The Hall–Kier alpha value is 0.630. The molecule has 0 spiro atoms. The maximum absolute atomic E-state index is 5.82. The van der Waals surface area contributed by atoms with Gasteiger partial charge in [0.15, 0.2) is 0 Å². The van der Waals surface area contributed by atoms with Crippen LogP contribution in [0.25, 0.3) is 0 Å². The van der Waals surface area contributed by atoms with Crippen LogP contribution in [0.15, 0.2) is 21.5 Å². The van der Waals surface area contributed by atoms with Crippen LogP contribution in [0.4, 0.5) is 0 Å². The van der Waals surface area contributed by atoms with Crippen molar-refractivity contribution < 1.29 is 0 Å². The second-order valence-corrected chi connectivity index (χ2v) is 4.42. The Morgan fingerprint density at radius 3 is 2.45 bits per heavy atom. The molecule has 0 saturated heterocycles. The maximum atomic E-state index is 5.82. The third kappa shape index (κ3) is 2.28. The largest absolute Gasteiger partial charge is 0.130 e. The fourth-order valence-electron chi connectivity index (χ4n) is 0.650. The molecule has 0 atom stereocenters. The molecule has 1 aromatic carbocycles. The molecule has 0 saturated carbocycles. The van der Waals surface area contributed by atoms with Crippen LogP contribution in [0, 0.1) is 0 Å². The fraction of sp³-hybridized carbons (Fsp3) is 0.143. The summed E-state index contributed by atoms with van der Waals surface area (Å²) >= 11 is 16.6. The Morgan fingerprint density at radius 1 is 1.36 bits per heavy atom. The summed E-state index contributed by atoms with van der Waals surface area (Å²) < 4.78 is 0.844. The van der Waals surface area contributed by atoms with E-state index in [0.717, 1.165) is 9.37 Å². The predicted octanol–water partition coefficient (Wildman–Crippen LogP) is 4.48. The molecule has 1 aromatic rings. The molecule has 0 aliphatic heterocycles. The van der Waals surface area contributed by atoms with Crippen molar-refractivity contribution in [3.63, 3.8) is 0 Å². The van der Waals surface area contributed by atoms with E-state index in [1.54, 1.807) is 11.8 Å². The molecule has 0 amide bonds. The van der Waals surface area contributed by atoms with Gasteiger partial charge in [-0.25, -0.2) is 0 Å². The highest BCUT2D eigenvalue weighted by molar-refractivity contribution is 9.10. The van der Waals surface area contributed by atoms with Gasteiger partial charge in [-0.1, -0.05) is 23.2 Å². The highest BCUT2D eigenvalue weighted by atomic mass is 79.9. The van der Waals surface area contributed by atoms with Crippen LogP contribution in [0.2, 0.25) is 10.0 Å². The zero-order valence-corrected chi connectivity index (χ0v) is 9.61. The van der Waals surface area contributed by atoms with E-state index in [2.05, 4.69) is 15.9 Å². The van der Waals surface area contributed by atoms with Gasteiger partial charge in [0.25, 0.3) is 0 Å². The lowest BCUT2D eigenvalue weighted by atomic mass is 10.4. The Bertz CT molecular complexity index is 252. The minimum atomic E-state index is 0.574. The van der Waals surface area contributed by atoms with Gasteiger partial charge in [-0.05, 0) is 34.3 Å². The van der Waals surface area contributed by atoms with E-state index in [1.165, 1.54) is 0 Å². The van der Waals surface area contributed by atoms with Gasteiger partial charge in [0, 0.05) is 9.37 Å². The zero-order chi connectivity index (χ0) is 8.43. The second-order valence-electron chi connectivity index (χ2n) is 1.91. The van der Waals surface area contributed by atoms with Crippen molar-refractivity contribution in [2.24, 2.45) is 0 Å². The van der Waals surface area contributed by atoms with Gasteiger partial charge >= 0.3 is 0 Å². The first-order chi connectivity index (χ1) is 5.15. The molecular weight excluding hydrogens is 267 g/mol. The van der Waals surface area contributed by atoms with E-state index in [9.17, 15) is 0 Å². The first-order valence-corrected chi connectivity index (χ1v) is 5.61. The summed E-state index contributed by atoms with van der Waals surface area (Å²) in [6.07, 6.45) is 1.99. The monoisotopic (exact) mass is 270 g/mol. The third-order valence-electron chi connectivity index (χ3n) is 1.19. The predicted molar refractivity (Wildman–Crippen MR) is 55.9 cm³/mol.